The fourth-order valence-corrected chi connectivity index (χ4v) is 2.54. The van der Waals surface area contributed by atoms with E-state index in [9.17, 15) is 18.7 Å². The minimum Gasteiger partial charge on any atom is -0.506 e. The molecule has 1 saturated carbocycles. The Bertz CT molecular complexity index is 714. The van der Waals surface area contributed by atoms with E-state index in [1.54, 1.807) is 6.92 Å². The molecule has 0 amide bonds. The molecule has 0 saturated heterocycles. The average Bonchev–Trinajstić information content (AvgIpc) is 2.95. The monoisotopic (exact) mass is 342 g/mol. The molecule has 0 bridgehead atoms. The van der Waals surface area contributed by atoms with Crippen molar-refractivity contribution in [3.8, 4) is 5.75 Å². The minimum absolute atomic E-state index is 0.00660. The fraction of sp³-hybridized carbons (Fsp3) is 0.400. The maximum Gasteiger partial charge on any atom is 0.307 e. The van der Waals surface area contributed by atoms with Crippen molar-refractivity contribution in [2.75, 3.05) is 0 Å². The highest BCUT2D eigenvalue weighted by Gasteiger charge is 2.33. The summed E-state index contributed by atoms with van der Waals surface area (Å²) in [6, 6.07) is 0. The van der Waals surface area contributed by atoms with E-state index in [-0.39, 0.29) is 48.6 Å². The molecule has 1 heterocycles. The first-order valence-corrected chi connectivity index (χ1v) is 7.08. The molecule has 0 aliphatic heterocycles. The predicted molar refractivity (Wildman–Crippen MR) is 78.8 cm³/mol. The number of allylic oxidation sites excluding steroid dienone is 1. The molecule has 1 aromatic heterocycles. The summed E-state index contributed by atoms with van der Waals surface area (Å²) in [4.78, 5) is 23.0. The van der Waals surface area contributed by atoms with Gasteiger partial charge in [-0.05, 0) is 13.3 Å². The number of carbonyl (C=O) groups is 1. The van der Waals surface area contributed by atoms with Crippen LogP contribution in [0.2, 0.25) is 0 Å². The molecule has 0 radical (unpaired) electrons. The van der Waals surface area contributed by atoms with E-state index in [1.807, 2.05) is 0 Å². The van der Waals surface area contributed by atoms with Gasteiger partial charge in [-0.2, -0.15) is 8.78 Å². The number of carboxylic acid groups (broad SMARTS) is 1. The van der Waals surface area contributed by atoms with Crippen LogP contribution in [0.3, 0.4) is 0 Å². The highest BCUT2D eigenvalue weighted by molar-refractivity contribution is 6.05. The number of pyridine rings is 1. The smallest absolute Gasteiger partial charge is 0.307 e. The summed E-state index contributed by atoms with van der Waals surface area (Å²) in [6.45, 7) is 1.14. The Labute approximate surface area is 135 Å². The third-order valence-electron chi connectivity index (χ3n) is 3.89. The van der Waals surface area contributed by atoms with E-state index >= 15 is 0 Å². The largest absolute Gasteiger partial charge is 0.506 e. The van der Waals surface area contributed by atoms with Gasteiger partial charge in [0.1, 0.15) is 12.4 Å². The van der Waals surface area contributed by atoms with Gasteiger partial charge in [0, 0.05) is 35.0 Å². The van der Waals surface area contributed by atoms with E-state index in [0.29, 0.717) is 11.3 Å². The highest BCUT2D eigenvalue weighted by atomic mass is 19.3. The number of halogens is 2. The van der Waals surface area contributed by atoms with Gasteiger partial charge in [0.25, 0.3) is 6.08 Å². The minimum atomic E-state index is -1.95. The average molecular weight is 342 g/mol. The Kier molecular flexibility index (Phi) is 5.58. The molecule has 1 fully saturated rings. The second-order valence-electron chi connectivity index (χ2n) is 5.41. The summed E-state index contributed by atoms with van der Waals surface area (Å²) < 4.78 is 26.0. The number of rotatable bonds is 5. The first-order chi connectivity index (χ1) is 11.3. The number of aryl methyl sites for hydroxylation is 1. The Morgan fingerprint density at radius 1 is 1.46 bits per heavy atom. The first-order valence-electron chi connectivity index (χ1n) is 7.08. The third-order valence-corrected chi connectivity index (χ3v) is 3.89. The topological polar surface area (TPSA) is 112 Å². The van der Waals surface area contributed by atoms with E-state index in [2.05, 4.69) is 14.9 Å². The van der Waals surface area contributed by atoms with Gasteiger partial charge in [0.15, 0.2) is 0 Å². The van der Waals surface area contributed by atoms with Crippen LogP contribution in [0.4, 0.5) is 8.78 Å². The Hall–Kier alpha value is -2.39. The van der Waals surface area contributed by atoms with Crippen LogP contribution in [0.5, 0.6) is 5.75 Å². The Morgan fingerprint density at radius 3 is 2.75 bits per heavy atom. The number of hydrogen-bond acceptors (Lipinski definition) is 6. The highest BCUT2D eigenvalue weighted by Crippen LogP contribution is 2.33. The summed E-state index contributed by atoms with van der Waals surface area (Å²) in [5.41, 5.74) is 0.583. The molecule has 130 valence electrons. The van der Waals surface area contributed by atoms with E-state index in [0.717, 1.165) is 0 Å². The lowest BCUT2D eigenvalue weighted by atomic mass is 10.1. The normalized spacial score (nSPS) is 19.1. The van der Waals surface area contributed by atoms with Gasteiger partial charge >= 0.3 is 5.97 Å². The zero-order valence-corrected chi connectivity index (χ0v) is 12.8. The molecule has 1 aromatic rings. The van der Waals surface area contributed by atoms with Crippen LogP contribution in [-0.2, 0) is 22.8 Å². The van der Waals surface area contributed by atoms with Gasteiger partial charge in [-0.25, -0.2) is 4.89 Å². The molecule has 24 heavy (non-hydrogen) atoms. The SMILES string of the molecule is Cc1ncc(COO)c(CN=C2C[C@@H](C(=O)O)CC2=C(F)F)c1O. The van der Waals surface area contributed by atoms with E-state index in [1.165, 1.54) is 6.20 Å². The summed E-state index contributed by atoms with van der Waals surface area (Å²) in [5, 5.41) is 27.6. The molecule has 9 heteroatoms. The number of aliphatic imine (C=N–C) groups is 1. The summed E-state index contributed by atoms with van der Waals surface area (Å²) >= 11 is 0. The van der Waals surface area contributed by atoms with Crippen molar-refractivity contribution in [2.24, 2.45) is 10.9 Å². The molecule has 0 spiro atoms. The second kappa shape index (κ2) is 7.45. The van der Waals surface area contributed by atoms with Crippen LogP contribution in [0.15, 0.2) is 22.8 Å². The van der Waals surface area contributed by atoms with Crippen molar-refractivity contribution in [1.29, 1.82) is 0 Å². The molecular weight excluding hydrogens is 326 g/mol. The Balaban J connectivity index is 2.34. The number of aromatic hydroxyl groups is 1. The maximum atomic E-state index is 13.0. The predicted octanol–water partition coefficient (Wildman–Crippen LogP) is 2.67. The van der Waals surface area contributed by atoms with Gasteiger partial charge in [0.05, 0.1) is 18.2 Å². The second-order valence-corrected chi connectivity index (χ2v) is 5.41. The van der Waals surface area contributed by atoms with Crippen LogP contribution in [0.1, 0.15) is 29.7 Å². The quantitative estimate of drug-likeness (QED) is 0.560. The van der Waals surface area contributed by atoms with Crippen LogP contribution in [0.25, 0.3) is 0 Å². The fourth-order valence-electron chi connectivity index (χ4n) is 2.54. The molecule has 0 aromatic carbocycles. The van der Waals surface area contributed by atoms with Gasteiger partial charge in [-0.15, -0.1) is 0 Å². The van der Waals surface area contributed by atoms with Gasteiger partial charge in [-0.3, -0.25) is 20.0 Å². The van der Waals surface area contributed by atoms with Gasteiger partial charge in [0.2, 0.25) is 0 Å². The zero-order chi connectivity index (χ0) is 17.9. The van der Waals surface area contributed by atoms with Crippen molar-refractivity contribution >= 4 is 11.7 Å². The number of nitrogens with zero attached hydrogens (tertiary/aromatic N) is 2. The number of carboxylic acids is 1. The van der Waals surface area contributed by atoms with Crippen molar-refractivity contribution in [3.63, 3.8) is 0 Å². The summed E-state index contributed by atoms with van der Waals surface area (Å²) in [6.07, 6.45) is -0.947. The number of aromatic nitrogens is 1. The van der Waals surface area contributed by atoms with Gasteiger partial charge < -0.3 is 10.2 Å². The molecule has 1 aliphatic carbocycles. The summed E-state index contributed by atoms with van der Waals surface area (Å²) in [7, 11) is 0. The molecule has 1 aliphatic rings. The lowest BCUT2D eigenvalue weighted by molar-refractivity contribution is -0.253. The summed E-state index contributed by atoms with van der Waals surface area (Å²) in [5.74, 6) is -2.27. The molecule has 3 N–H and O–H groups in total. The molecule has 0 unspecified atom stereocenters. The van der Waals surface area contributed by atoms with Gasteiger partial charge in [-0.1, -0.05) is 0 Å². The molecular formula is C15H16F2N2O5. The van der Waals surface area contributed by atoms with Crippen molar-refractivity contribution < 1.29 is 33.9 Å². The van der Waals surface area contributed by atoms with Crippen LogP contribution >= 0.6 is 0 Å². The van der Waals surface area contributed by atoms with E-state index in [4.69, 9.17) is 10.4 Å². The Morgan fingerprint density at radius 2 is 2.17 bits per heavy atom. The van der Waals surface area contributed by atoms with Crippen molar-refractivity contribution in [2.45, 2.75) is 32.9 Å². The number of hydrogen-bond donors (Lipinski definition) is 3. The van der Waals surface area contributed by atoms with Crippen LogP contribution < -0.4 is 0 Å². The van der Waals surface area contributed by atoms with Crippen LogP contribution in [-0.4, -0.2) is 32.1 Å². The van der Waals surface area contributed by atoms with Crippen molar-refractivity contribution in [1.82, 2.24) is 4.98 Å². The zero-order valence-electron chi connectivity index (χ0n) is 12.8. The molecule has 1 atom stereocenters. The van der Waals surface area contributed by atoms with E-state index < -0.39 is 18.0 Å². The lowest BCUT2D eigenvalue weighted by Gasteiger charge is -2.10. The molecule has 7 nitrogen and oxygen atoms in total. The molecule has 2 rings (SSSR count). The standard InChI is InChI=1S/C15H16F2N2O5/c1-7-13(20)11(9(4-18-7)6-24-23)5-19-12-3-8(15(21)22)2-10(12)14(16)17/h4,8,20,23H,2-3,5-6H2,1H3,(H,21,22)/t8-/m0/s1. The first kappa shape index (κ1) is 18.0. The lowest BCUT2D eigenvalue weighted by Crippen LogP contribution is -2.09. The van der Waals surface area contributed by atoms with Crippen LogP contribution in [0, 0.1) is 12.8 Å². The van der Waals surface area contributed by atoms with Crippen molar-refractivity contribution in [3.05, 3.63) is 34.7 Å². The third kappa shape index (κ3) is 3.74. The maximum absolute atomic E-state index is 13.0. The number of aliphatic carboxylic acids is 1.